The summed E-state index contributed by atoms with van der Waals surface area (Å²) in [5.41, 5.74) is -2.77. The number of fused-ring (bicyclic) bond motifs is 2. The molecule has 2 aliphatic carbocycles. The number of anilines is 1. The number of carbonyl (C=O) groups is 1. The van der Waals surface area contributed by atoms with E-state index in [1.54, 1.807) is 0 Å². The van der Waals surface area contributed by atoms with Crippen LogP contribution in [0.5, 0.6) is 0 Å². The maximum Gasteiger partial charge on any atom is 0.435 e. The molecule has 1 amide bonds. The number of carbonyl (C=O) groups excluding carboxylic acids is 1. The normalized spacial score (nSPS) is 28.1. The Bertz CT molecular complexity index is 632. The number of H-pyrrole nitrogens is 1. The molecule has 0 aliphatic heterocycles. The summed E-state index contributed by atoms with van der Waals surface area (Å²) in [5, 5.41) is 4.25. The smallest absolute Gasteiger partial charge is 0.319 e. The van der Waals surface area contributed by atoms with Crippen LogP contribution in [-0.2, 0) is 18.0 Å². The number of rotatable bonds is 2. The molecule has 2 fully saturated rings. The fourth-order valence-electron chi connectivity index (χ4n) is 3.77. The molecule has 3 unspecified atom stereocenters. The first-order valence-corrected chi connectivity index (χ1v) is 6.94. The molecule has 0 radical (unpaired) electrons. The van der Waals surface area contributed by atoms with E-state index in [4.69, 9.17) is 0 Å². The van der Waals surface area contributed by atoms with Crippen LogP contribution in [0.3, 0.4) is 0 Å². The van der Waals surface area contributed by atoms with Crippen LogP contribution in [0.25, 0.3) is 0 Å². The van der Waals surface area contributed by atoms with E-state index in [9.17, 15) is 22.8 Å². The molecule has 2 N–H and O–H groups in total. The van der Waals surface area contributed by atoms with Gasteiger partial charge in [0.05, 0.1) is 0 Å². The van der Waals surface area contributed by atoms with E-state index < -0.39 is 29.0 Å². The molecule has 1 aromatic heterocycles. The van der Waals surface area contributed by atoms with Gasteiger partial charge in [0, 0.05) is 13.0 Å². The lowest BCUT2D eigenvalue weighted by atomic mass is 9.88. The van der Waals surface area contributed by atoms with Crippen LogP contribution < -0.4 is 10.9 Å². The summed E-state index contributed by atoms with van der Waals surface area (Å²) in [7, 11) is 1.09. The molecule has 2 saturated carbocycles. The Hall–Kier alpha value is -1.73. The third-order valence-electron chi connectivity index (χ3n) is 4.66. The van der Waals surface area contributed by atoms with E-state index >= 15 is 0 Å². The molecule has 116 valence electrons. The van der Waals surface area contributed by atoms with Gasteiger partial charge < -0.3 is 5.32 Å². The number of aromatic amines is 1. The molecule has 3 atom stereocenters. The average Bonchev–Trinajstić information content (AvgIpc) is 3.03. The number of aryl methyl sites for hydroxylation is 1. The van der Waals surface area contributed by atoms with Crippen LogP contribution in [0.2, 0.25) is 0 Å². The second-order valence-electron chi connectivity index (χ2n) is 5.99. The van der Waals surface area contributed by atoms with Gasteiger partial charge in [-0.25, -0.2) is 0 Å². The first-order chi connectivity index (χ1) is 9.77. The molecule has 8 heteroatoms. The van der Waals surface area contributed by atoms with Crippen LogP contribution in [0.1, 0.15) is 31.4 Å². The minimum absolute atomic E-state index is 0.243. The van der Waals surface area contributed by atoms with Crippen molar-refractivity contribution in [1.29, 1.82) is 0 Å². The van der Waals surface area contributed by atoms with E-state index in [-0.39, 0.29) is 11.8 Å². The van der Waals surface area contributed by atoms with Crippen molar-refractivity contribution in [2.45, 2.75) is 31.9 Å². The highest BCUT2D eigenvalue weighted by molar-refractivity contribution is 5.93. The van der Waals surface area contributed by atoms with Crippen LogP contribution in [0.15, 0.2) is 4.79 Å². The molecule has 2 bridgehead atoms. The van der Waals surface area contributed by atoms with Crippen molar-refractivity contribution in [1.82, 2.24) is 9.78 Å². The zero-order valence-corrected chi connectivity index (χ0v) is 11.5. The third kappa shape index (κ3) is 2.36. The molecule has 0 aromatic carbocycles. The molecule has 21 heavy (non-hydrogen) atoms. The molecule has 3 rings (SSSR count). The van der Waals surface area contributed by atoms with Crippen molar-refractivity contribution in [3.05, 3.63) is 16.0 Å². The number of hydrogen-bond donors (Lipinski definition) is 2. The van der Waals surface area contributed by atoms with Gasteiger partial charge in [0.15, 0.2) is 5.69 Å². The van der Waals surface area contributed by atoms with E-state index in [0.29, 0.717) is 17.0 Å². The number of nitrogens with one attached hydrogen (secondary N) is 2. The Balaban J connectivity index is 1.85. The first kappa shape index (κ1) is 14.2. The number of alkyl halides is 3. The van der Waals surface area contributed by atoms with Crippen molar-refractivity contribution < 1.29 is 18.0 Å². The van der Waals surface area contributed by atoms with Gasteiger partial charge in [0.25, 0.3) is 5.56 Å². The fourth-order valence-corrected chi connectivity index (χ4v) is 3.77. The molecule has 1 aromatic rings. The fraction of sp³-hybridized carbons (Fsp3) is 0.692. The van der Waals surface area contributed by atoms with Crippen LogP contribution >= 0.6 is 0 Å². The maximum absolute atomic E-state index is 13.0. The number of hydrogen-bond acceptors (Lipinski definition) is 2. The van der Waals surface area contributed by atoms with Gasteiger partial charge >= 0.3 is 6.18 Å². The van der Waals surface area contributed by atoms with Gasteiger partial charge in [0.1, 0.15) is 5.69 Å². The summed E-state index contributed by atoms with van der Waals surface area (Å²) in [6.45, 7) is 0. The second-order valence-corrected chi connectivity index (χ2v) is 5.99. The Morgan fingerprint density at radius 3 is 2.57 bits per heavy atom. The van der Waals surface area contributed by atoms with Crippen molar-refractivity contribution in [2.75, 3.05) is 5.32 Å². The highest BCUT2D eigenvalue weighted by Gasteiger charge is 2.44. The number of amides is 1. The van der Waals surface area contributed by atoms with Crippen molar-refractivity contribution in [3.8, 4) is 0 Å². The summed E-state index contributed by atoms with van der Waals surface area (Å²) < 4.78 is 39.5. The Morgan fingerprint density at radius 2 is 2.05 bits per heavy atom. The summed E-state index contributed by atoms with van der Waals surface area (Å²) in [6, 6.07) is 0. The van der Waals surface area contributed by atoms with Crippen LogP contribution in [0, 0.1) is 17.8 Å². The highest BCUT2D eigenvalue weighted by atomic mass is 19.4. The van der Waals surface area contributed by atoms with E-state index in [0.717, 1.165) is 26.3 Å². The Kier molecular flexibility index (Phi) is 3.14. The van der Waals surface area contributed by atoms with Gasteiger partial charge in [-0.1, -0.05) is 6.42 Å². The molecular weight excluding hydrogens is 287 g/mol. The van der Waals surface area contributed by atoms with Gasteiger partial charge in [-0.3, -0.25) is 19.4 Å². The summed E-state index contributed by atoms with van der Waals surface area (Å²) in [5.74, 6) is 0.00265. The quantitative estimate of drug-likeness (QED) is 0.878. The van der Waals surface area contributed by atoms with E-state index in [2.05, 4.69) is 5.32 Å². The van der Waals surface area contributed by atoms with Crippen LogP contribution in [0.4, 0.5) is 18.9 Å². The minimum Gasteiger partial charge on any atom is -0.319 e. The zero-order chi connectivity index (χ0) is 15.4. The average molecular weight is 303 g/mol. The lowest BCUT2D eigenvalue weighted by Crippen LogP contribution is -2.30. The summed E-state index contributed by atoms with van der Waals surface area (Å²) >= 11 is 0. The first-order valence-electron chi connectivity index (χ1n) is 6.94. The van der Waals surface area contributed by atoms with Gasteiger partial charge in [-0.2, -0.15) is 13.2 Å². The molecule has 0 saturated heterocycles. The molecule has 0 spiro atoms. The molecule has 2 aliphatic rings. The predicted octanol–water partition coefficient (Wildman–Crippen LogP) is 2.11. The van der Waals surface area contributed by atoms with Gasteiger partial charge in [0.2, 0.25) is 5.91 Å². The Morgan fingerprint density at radius 1 is 1.33 bits per heavy atom. The van der Waals surface area contributed by atoms with Gasteiger partial charge in [-0.15, -0.1) is 0 Å². The monoisotopic (exact) mass is 303 g/mol. The largest absolute Gasteiger partial charge is 0.435 e. The molecule has 5 nitrogen and oxygen atoms in total. The van der Waals surface area contributed by atoms with Crippen molar-refractivity contribution in [3.63, 3.8) is 0 Å². The van der Waals surface area contributed by atoms with Gasteiger partial charge in [-0.05, 0) is 31.1 Å². The maximum atomic E-state index is 13.0. The lowest BCUT2D eigenvalue weighted by molar-refractivity contribution is -0.143. The molecule has 1 heterocycles. The summed E-state index contributed by atoms with van der Waals surface area (Å²) in [4.78, 5) is 23.8. The van der Waals surface area contributed by atoms with E-state index in [1.807, 2.05) is 5.10 Å². The number of halogens is 3. The Labute approximate surface area is 118 Å². The number of nitrogens with zero attached hydrogens (tertiary/aromatic N) is 1. The van der Waals surface area contributed by atoms with E-state index in [1.165, 1.54) is 0 Å². The number of aromatic nitrogens is 2. The lowest BCUT2D eigenvalue weighted by Gasteiger charge is -2.20. The van der Waals surface area contributed by atoms with Crippen molar-refractivity contribution >= 4 is 11.6 Å². The SMILES string of the molecule is Cn1[nH]c(=O)c(NC(=O)C2CC3CCC2C3)c1C(F)(F)F. The third-order valence-corrected chi connectivity index (χ3v) is 4.66. The standard InChI is InChI=1S/C13H16F3N3O2/c1-19-10(13(14,15)16)9(12(21)18-19)17-11(20)8-5-6-2-3-7(8)4-6/h6-8H,2-5H2,1H3,(H,17,20)(H,18,21). The van der Waals surface area contributed by atoms with Crippen molar-refractivity contribution in [2.24, 2.45) is 24.8 Å². The minimum atomic E-state index is -4.70. The highest BCUT2D eigenvalue weighted by Crippen LogP contribution is 2.48. The molecular formula is C13H16F3N3O2. The zero-order valence-electron chi connectivity index (χ0n) is 11.5. The summed E-state index contributed by atoms with van der Waals surface area (Å²) in [6.07, 6.45) is -0.989. The predicted molar refractivity (Wildman–Crippen MR) is 68.6 cm³/mol. The van der Waals surface area contributed by atoms with Crippen LogP contribution in [-0.4, -0.2) is 15.7 Å². The second kappa shape index (κ2) is 4.64. The topological polar surface area (TPSA) is 66.9 Å².